The van der Waals surface area contributed by atoms with Gasteiger partial charge in [0.2, 0.25) is 11.8 Å². The Morgan fingerprint density at radius 2 is 1.78 bits per heavy atom. The third-order valence-corrected chi connectivity index (χ3v) is 4.67. The minimum atomic E-state index is -0.259. The maximum absolute atomic E-state index is 13.1. The van der Waals surface area contributed by atoms with Gasteiger partial charge in [-0.15, -0.1) is 0 Å². The molecule has 0 bridgehead atoms. The highest BCUT2D eigenvalue weighted by Gasteiger charge is 2.24. The van der Waals surface area contributed by atoms with Gasteiger partial charge in [-0.05, 0) is 36.4 Å². The number of hydrogen-bond donors (Lipinski definition) is 0. The van der Waals surface area contributed by atoms with Crippen LogP contribution >= 0.6 is 0 Å². The molecule has 6 nitrogen and oxygen atoms in total. The molecule has 2 heterocycles. The summed E-state index contributed by atoms with van der Waals surface area (Å²) < 4.78 is 13.1. The molecule has 0 radical (unpaired) electrons. The minimum Gasteiger partial charge on any atom is -0.368 e. The normalized spacial score (nSPS) is 14.1. The second-order valence-electron chi connectivity index (χ2n) is 6.54. The molecule has 7 heteroatoms. The van der Waals surface area contributed by atoms with Gasteiger partial charge in [-0.1, -0.05) is 6.07 Å². The molecule has 0 spiro atoms. The van der Waals surface area contributed by atoms with Crippen molar-refractivity contribution in [1.82, 2.24) is 14.8 Å². The smallest absolute Gasteiger partial charge is 0.242 e. The first kappa shape index (κ1) is 18.8. The zero-order valence-electron chi connectivity index (χ0n) is 15.3. The summed E-state index contributed by atoms with van der Waals surface area (Å²) in [5.41, 5.74) is 1.70. The zero-order valence-corrected chi connectivity index (χ0v) is 15.3. The first-order valence-corrected chi connectivity index (χ1v) is 8.96. The van der Waals surface area contributed by atoms with Crippen LogP contribution in [0.4, 0.5) is 10.1 Å². The van der Waals surface area contributed by atoms with E-state index < -0.39 is 0 Å². The van der Waals surface area contributed by atoms with Crippen molar-refractivity contribution in [3.05, 3.63) is 60.2 Å². The van der Waals surface area contributed by atoms with Crippen LogP contribution in [0.3, 0.4) is 0 Å². The molecule has 3 rings (SSSR count). The molecule has 1 saturated heterocycles. The quantitative estimate of drug-likeness (QED) is 0.807. The fourth-order valence-corrected chi connectivity index (χ4v) is 3.10. The summed E-state index contributed by atoms with van der Waals surface area (Å²) in [5.74, 6) is -0.483. The highest BCUT2D eigenvalue weighted by Crippen LogP contribution is 2.17. The Hall–Kier alpha value is -2.96. The molecule has 1 fully saturated rings. The molecule has 1 aromatic carbocycles. The van der Waals surface area contributed by atoms with E-state index in [1.165, 1.54) is 24.0 Å². The van der Waals surface area contributed by atoms with Crippen LogP contribution in [0.5, 0.6) is 0 Å². The molecule has 1 aromatic heterocycles. The van der Waals surface area contributed by atoms with Gasteiger partial charge in [0.1, 0.15) is 12.4 Å². The molecule has 1 aliphatic rings. The Kier molecular flexibility index (Phi) is 6.01. The van der Waals surface area contributed by atoms with Gasteiger partial charge in [-0.3, -0.25) is 14.6 Å². The maximum atomic E-state index is 13.1. The second kappa shape index (κ2) is 8.62. The number of carbonyl (C=O) groups excluding carboxylic acids is 2. The van der Waals surface area contributed by atoms with Gasteiger partial charge in [0.15, 0.2) is 0 Å². The van der Waals surface area contributed by atoms with E-state index in [0.29, 0.717) is 32.7 Å². The third kappa shape index (κ3) is 5.03. The van der Waals surface area contributed by atoms with Gasteiger partial charge in [-0.25, -0.2) is 4.39 Å². The van der Waals surface area contributed by atoms with Gasteiger partial charge >= 0.3 is 0 Å². The second-order valence-corrected chi connectivity index (χ2v) is 6.54. The molecular formula is C20H23FN4O2. The van der Waals surface area contributed by atoms with Crippen LogP contribution in [0.15, 0.2) is 48.7 Å². The fraction of sp³-hybridized carbons (Fsp3) is 0.350. The van der Waals surface area contributed by atoms with Crippen LogP contribution in [0.1, 0.15) is 12.6 Å². The number of piperazine rings is 1. The van der Waals surface area contributed by atoms with Crippen LogP contribution in [0.25, 0.3) is 0 Å². The average Bonchev–Trinajstić information content (AvgIpc) is 2.69. The topological polar surface area (TPSA) is 56.8 Å². The van der Waals surface area contributed by atoms with Crippen molar-refractivity contribution in [2.75, 3.05) is 37.6 Å². The standard InChI is InChI=1S/C20H23FN4O2/c1-16(26)25(14-18-4-2-3-9-22-18)15-20(27)24-12-10-23(11-13-24)19-7-5-17(21)6-8-19/h2-9H,10-15H2,1H3. The summed E-state index contributed by atoms with van der Waals surface area (Å²) in [4.78, 5) is 34.2. The number of aromatic nitrogens is 1. The van der Waals surface area contributed by atoms with E-state index in [0.717, 1.165) is 11.4 Å². The lowest BCUT2D eigenvalue weighted by Gasteiger charge is -2.37. The Morgan fingerprint density at radius 3 is 2.37 bits per heavy atom. The first-order chi connectivity index (χ1) is 13.0. The minimum absolute atomic E-state index is 0.0441. The van der Waals surface area contributed by atoms with Gasteiger partial charge < -0.3 is 14.7 Å². The average molecular weight is 370 g/mol. The number of pyridine rings is 1. The molecule has 0 saturated carbocycles. The van der Waals surface area contributed by atoms with Gasteiger partial charge in [-0.2, -0.15) is 0 Å². The van der Waals surface area contributed by atoms with E-state index >= 15 is 0 Å². The molecule has 0 atom stereocenters. The highest BCUT2D eigenvalue weighted by atomic mass is 19.1. The highest BCUT2D eigenvalue weighted by molar-refractivity contribution is 5.84. The van der Waals surface area contributed by atoms with E-state index in [-0.39, 0.29) is 24.2 Å². The van der Waals surface area contributed by atoms with Gasteiger partial charge in [0.05, 0.1) is 12.2 Å². The van der Waals surface area contributed by atoms with E-state index in [1.807, 2.05) is 18.2 Å². The predicted octanol–water partition coefficient (Wildman–Crippen LogP) is 1.92. The predicted molar refractivity (Wildman–Crippen MR) is 101 cm³/mol. The van der Waals surface area contributed by atoms with Crippen LogP contribution in [0, 0.1) is 5.82 Å². The van der Waals surface area contributed by atoms with Crippen molar-refractivity contribution in [2.24, 2.45) is 0 Å². The third-order valence-electron chi connectivity index (χ3n) is 4.67. The first-order valence-electron chi connectivity index (χ1n) is 8.96. The molecule has 0 unspecified atom stereocenters. The summed E-state index contributed by atoms with van der Waals surface area (Å²) >= 11 is 0. The number of amides is 2. The Labute approximate surface area is 158 Å². The van der Waals surface area contributed by atoms with Crippen molar-refractivity contribution in [2.45, 2.75) is 13.5 Å². The van der Waals surface area contributed by atoms with Crippen molar-refractivity contribution in [1.29, 1.82) is 0 Å². The molecule has 27 heavy (non-hydrogen) atoms. The van der Waals surface area contributed by atoms with Crippen LogP contribution in [-0.4, -0.2) is 59.3 Å². The van der Waals surface area contributed by atoms with E-state index in [4.69, 9.17) is 0 Å². The summed E-state index contributed by atoms with van der Waals surface area (Å²) in [6.07, 6.45) is 1.67. The maximum Gasteiger partial charge on any atom is 0.242 e. The van der Waals surface area contributed by atoms with Crippen molar-refractivity contribution in [3.63, 3.8) is 0 Å². The Bertz CT molecular complexity index is 774. The summed E-state index contributed by atoms with van der Waals surface area (Å²) in [7, 11) is 0. The Balaban J connectivity index is 1.54. The number of hydrogen-bond acceptors (Lipinski definition) is 4. The van der Waals surface area contributed by atoms with Crippen LogP contribution in [-0.2, 0) is 16.1 Å². The number of anilines is 1. The molecule has 0 N–H and O–H groups in total. The number of rotatable bonds is 5. The van der Waals surface area contributed by atoms with Crippen molar-refractivity contribution >= 4 is 17.5 Å². The number of halogens is 1. The molecule has 142 valence electrons. The molecule has 0 aliphatic carbocycles. The lowest BCUT2D eigenvalue weighted by atomic mass is 10.2. The number of carbonyl (C=O) groups is 2. The number of benzene rings is 1. The van der Waals surface area contributed by atoms with Crippen LogP contribution in [0.2, 0.25) is 0 Å². The molecule has 2 amide bonds. The summed E-state index contributed by atoms with van der Waals surface area (Å²) in [5, 5.41) is 0. The van der Waals surface area contributed by atoms with E-state index in [9.17, 15) is 14.0 Å². The van der Waals surface area contributed by atoms with E-state index in [1.54, 1.807) is 23.2 Å². The Morgan fingerprint density at radius 1 is 1.07 bits per heavy atom. The van der Waals surface area contributed by atoms with Gasteiger partial charge in [0, 0.05) is 45.0 Å². The SMILES string of the molecule is CC(=O)N(CC(=O)N1CCN(c2ccc(F)cc2)CC1)Cc1ccccn1. The monoisotopic (exact) mass is 370 g/mol. The van der Waals surface area contributed by atoms with E-state index in [2.05, 4.69) is 9.88 Å². The lowest BCUT2D eigenvalue weighted by molar-refractivity contribution is -0.140. The zero-order chi connectivity index (χ0) is 19.2. The summed E-state index contributed by atoms with van der Waals surface area (Å²) in [6.45, 7) is 4.33. The molecule has 1 aliphatic heterocycles. The van der Waals surface area contributed by atoms with Crippen molar-refractivity contribution in [3.8, 4) is 0 Å². The molecule has 2 aromatic rings. The van der Waals surface area contributed by atoms with Crippen LogP contribution < -0.4 is 4.90 Å². The largest absolute Gasteiger partial charge is 0.368 e. The fourth-order valence-electron chi connectivity index (χ4n) is 3.10. The summed E-state index contributed by atoms with van der Waals surface area (Å²) in [6, 6.07) is 11.9. The molecular weight excluding hydrogens is 347 g/mol. The number of nitrogens with zero attached hydrogens (tertiary/aromatic N) is 4. The van der Waals surface area contributed by atoms with Crippen molar-refractivity contribution < 1.29 is 14.0 Å². The lowest BCUT2D eigenvalue weighted by Crippen LogP contribution is -2.51. The van der Waals surface area contributed by atoms with Gasteiger partial charge in [0.25, 0.3) is 0 Å².